The number of halogens is 12. The van der Waals surface area contributed by atoms with Crippen LogP contribution < -0.4 is 0 Å². The second-order valence-corrected chi connectivity index (χ2v) is 23.6. The summed E-state index contributed by atoms with van der Waals surface area (Å²) in [5.74, 6) is 0. The van der Waals surface area contributed by atoms with E-state index in [2.05, 4.69) is 0 Å². The summed E-state index contributed by atoms with van der Waals surface area (Å²) in [6, 6.07) is 33.2. The third-order valence-corrected chi connectivity index (χ3v) is 17.4. The summed E-state index contributed by atoms with van der Waals surface area (Å²) in [4.78, 5) is 28.4. The van der Waals surface area contributed by atoms with Gasteiger partial charge in [-0.1, -0.05) is 214 Å². The first-order chi connectivity index (χ1) is 37.7. The van der Waals surface area contributed by atoms with Gasteiger partial charge in [0.25, 0.3) is 0 Å². The molecule has 3 saturated carbocycles. The summed E-state index contributed by atoms with van der Waals surface area (Å²) < 4.78 is 0. The van der Waals surface area contributed by atoms with Crippen LogP contribution in [0, 0.1) is 0 Å². The molecular weight excluding hydrogens is 1360 g/mol. The van der Waals surface area contributed by atoms with Crippen molar-refractivity contribution in [1.29, 1.82) is 0 Å². The second kappa shape index (κ2) is 35.3. The van der Waals surface area contributed by atoms with Crippen LogP contribution in [0.4, 0.5) is 0 Å². The Morgan fingerprint density at radius 1 is 0.225 bits per heavy atom. The van der Waals surface area contributed by atoms with Crippen molar-refractivity contribution in [3.05, 3.63) is 203 Å². The van der Waals surface area contributed by atoms with Crippen LogP contribution in [-0.2, 0) is 34.1 Å². The number of hydrogen-bond acceptors (Lipinski definition) is 6. The summed E-state index contributed by atoms with van der Waals surface area (Å²) in [6.45, 7) is 0. The molecule has 0 bridgehead atoms. The molecule has 80 heavy (non-hydrogen) atoms. The van der Waals surface area contributed by atoms with Gasteiger partial charge in [0.15, 0.2) is 0 Å². The van der Waals surface area contributed by atoms with Crippen LogP contribution in [0.1, 0.15) is 110 Å². The van der Waals surface area contributed by atoms with Gasteiger partial charge in [0.2, 0.25) is 0 Å². The second-order valence-electron chi connectivity index (χ2n) is 18.7. The predicted molar refractivity (Wildman–Crippen MR) is 342 cm³/mol. The third kappa shape index (κ3) is 20.3. The van der Waals surface area contributed by atoms with Crippen molar-refractivity contribution in [2.75, 3.05) is 0 Å². The molecule has 6 aromatic carbocycles. The number of rotatable bonds is 12. The van der Waals surface area contributed by atoms with Gasteiger partial charge in [-0.15, -0.1) is 0 Å². The van der Waals surface area contributed by atoms with Crippen molar-refractivity contribution in [2.45, 2.75) is 113 Å². The van der Waals surface area contributed by atoms with E-state index in [-0.39, 0.29) is 70.4 Å². The van der Waals surface area contributed by atoms with Crippen molar-refractivity contribution in [1.82, 2.24) is 0 Å². The van der Waals surface area contributed by atoms with Crippen LogP contribution in [0.15, 0.2) is 139 Å². The van der Waals surface area contributed by atoms with Gasteiger partial charge < -0.3 is 0 Å². The largest absolute Gasteiger partial charge is 1.00 e. The summed E-state index contributed by atoms with van der Waals surface area (Å²) in [5.41, 5.74) is 4.49. The molecule has 0 radical (unpaired) electrons. The number of benzene rings is 6. The van der Waals surface area contributed by atoms with Gasteiger partial charge in [0.05, 0.1) is 96.5 Å². The van der Waals surface area contributed by atoms with E-state index in [0.29, 0.717) is 60.3 Å². The fourth-order valence-electron chi connectivity index (χ4n) is 9.14. The molecular formula is C60H54Cl12Cu2N6+2. The molecule has 0 spiro atoms. The smallest absolute Gasteiger partial charge is 0.287 e. The van der Waals surface area contributed by atoms with E-state index in [0.717, 1.165) is 110 Å². The number of nitrogens with zero attached hydrogens (tertiary/aromatic N) is 6. The topological polar surface area (TPSA) is 74.2 Å². The molecule has 6 nitrogen and oxygen atoms in total. The quantitative estimate of drug-likeness (QED) is 0.0865. The Bertz CT molecular complexity index is 2510. The summed E-state index contributed by atoms with van der Waals surface area (Å²) in [7, 11) is 0. The summed E-state index contributed by atoms with van der Waals surface area (Å²) in [5, 5.41) is 7.17. The fraction of sp³-hybridized carbons (Fsp3) is 0.300. The van der Waals surface area contributed by atoms with E-state index in [4.69, 9.17) is 169 Å². The minimum Gasteiger partial charge on any atom is -0.287 e. The normalized spacial score (nSPS) is 20.4. The van der Waals surface area contributed by atoms with Crippen LogP contribution in [0.2, 0.25) is 60.3 Å². The molecule has 20 heteroatoms. The molecule has 0 N–H and O–H groups in total. The third-order valence-electron chi connectivity index (χ3n) is 13.5. The zero-order valence-electron chi connectivity index (χ0n) is 42.6. The van der Waals surface area contributed by atoms with Crippen molar-refractivity contribution >= 4 is 176 Å². The van der Waals surface area contributed by atoms with Crippen molar-refractivity contribution in [2.24, 2.45) is 30.0 Å². The predicted octanol–water partition coefficient (Wildman–Crippen LogP) is 21.4. The minimum atomic E-state index is 0. The summed E-state index contributed by atoms with van der Waals surface area (Å²) >= 11 is 74.7. The zero-order valence-corrected chi connectivity index (χ0v) is 53.6. The summed E-state index contributed by atoms with van der Waals surface area (Å²) in [6.07, 6.45) is 23.3. The minimum absolute atomic E-state index is 0. The maximum atomic E-state index is 6.23. The maximum Gasteiger partial charge on any atom is 1.00 e. The van der Waals surface area contributed by atoms with Gasteiger partial charge in [-0.3, -0.25) is 30.0 Å². The number of hydrogen-bond donors (Lipinski definition) is 0. The molecule has 6 atom stereocenters. The van der Waals surface area contributed by atoms with Crippen LogP contribution in [0.5, 0.6) is 0 Å². The van der Waals surface area contributed by atoms with Crippen LogP contribution in [0.25, 0.3) is 0 Å². The van der Waals surface area contributed by atoms with E-state index in [9.17, 15) is 0 Å². The van der Waals surface area contributed by atoms with Crippen molar-refractivity contribution in [3.8, 4) is 0 Å². The van der Waals surface area contributed by atoms with E-state index in [1.54, 1.807) is 37.3 Å². The molecule has 0 aliphatic heterocycles. The average Bonchev–Trinajstić information content (AvgIpc) is 3.41. The van der Waals surface area contributed by atoms with Gasteiger partial charge >= 0.3 is 34.1 Å². The molecule has 3 aliphatic rings. The Hall–Kier alpha value is -2.14. The zero-order chi connectivity index (χ0) is 55.6. The first-order valence-corrected chi connectivity index (χ1v) is 30.0. The van der Waals surface area contributed by atoms with Gasteiger partial charge in [-0.2, -0.15) is 0 Å². The van der Waals surface area contributed by atoms with Crippen molar-refractivity contribution < 1.29 is 34.1 Å². The van der Waals surface area contributed by atoms with Gasteiger partial charge in [-0.25, -0.2) is 0 Å². The maximum absolute atomic E-state index is 6.23. The van der Waals surface area contributed by atoms with Gasteiger partial charge in [0.1, 0.15) is 0 Å². The Labute approximate surface area is 551 Å². The molecule has 3 fully saturated rings. The van der Waals surface area contributed by atoms with E-state index in [1.807, 2.05) is 109 Å². The fourth-order valence-corrected chi connectivity index (χ4v) is 12.1. The van der Waals surface area contributed by atoms with Crippen molar-refractivity contribution in [3.63, 3.8) is 0 Å². The monoisotopic (exact) mass is 1400 g/mol. The van der Waals surface area contributed by atoms with Gasteiger partial charge in [0, 0.05) is 70.7 Å². The first-order valence-electron chi connectivity index (χ1n) is 25.5. The molecule has 0 heterocycles. The van der Waals surface area contributed by atoms with Gasteiger partial charge in [-0.05, 0) is 111 Å². The molecule has 0 saturated heterocycles. The van der Waals surface area contributed by atoms with E-state index >= 15 is 0 Å². The molecule has 6 aromatic rings. The van der Waals surface area contributed by atoms with E-state index in [1.165, 1.54) is 0 Å². The Kier molecular flexibility index (Phi) is 30.3. The Balaban J connectivity index is 0.000000218. The standard InChI is InChI=1S/3C20H18Cl4N2.2Cu/c3*21-15-5-3-6-16(22)13(15)11-25-19-9-1-2-10-20(19)26-12-14-17(23)7-4-8-18(14)24;;/h3*3-8,11-12,19-20H,1-2,9-10H2;;/q;;;2*+1. The molecule has 6 unspecified atom stereocenters. The molecule has 0 aromatic heterocycles. The van der Waals surface area contributed by atoms with Crippen LogP contribution in [-0.4, -0.2) is 73.5 Å². The number of aliphatic imine (C=N–C) groups is 6. The Morgan fingerprint density at radius 3 is 0.450 bits per heavy atom. The Morgan fingerprint density at radius 2 is 0.338 bits per heavy atom. The molecule has 428 valence electrons. The van der Waals surface area contributed by atoms with Crippen LogP contribution in [0.3, 0.4) is 0 Å². The molecule has 0 amide bonds. The molecule has 3 aliphatic carbocycles. The van der Waals surface area contributed by atoms with E-state index < -0.39 is 0 Å². The first kappa shape index (κ1) is 68.6. The molecule has 9 rings (SSSR count). The SMILES string of the molecule is Clc1cccc(Cl)c1C=NC1CCCCC1N=Cc1c(Cl)cccc1Cl.Clc1cccc(Cl)c1C=NC1CCCCC1N=Cc1c(Cl)cccc1Cl.Clc1cccc(Cl)c1C=NC1CCCCC1N=Cc1c(Cl)cccc1Cl.[Cu+].[Cu+]. The van der Waals surface area contributed by atoms with Crippen LogP contribution >= 0.6 is 139 Å². The average molecular weight is 1410 g/mol.